The Morgan fingerprint density at radius 2 is 2.32 bits per heavy atom. The van der Waals surface area contributed by atoms with Crippen LogP contribution in [0.3, 0.4) is 0 Å². The smallest absolute Gasteiger partial charge is 0.313 e. The van der Waals surface area contributed by atoms with E-state index >= 15 is 0 Å². The van der Waals surface area contributed by atoms with Crippen LogP contribution in [0.4, 0.5) is 0 Å². The second kappa shape index (κ2) is 5.99. The second-order valence-corrected chi connectivity index (χ2v) is 6.37. The van der Waals surface area contributed by atoms with Crippen LogP contribution in [0.2, 0.25) is 0 Å². The molecule has 1 aliphatic rings. The van der Waals surface area contributed by atoms with Crippen LogP contribution in [0.15, 0.2) is 11.4 Å². The molecule has 0 aromatic carbocycles. The summed E-state index contributed by atoms with van der Waals surface area (Å²) in [5, 5.41) is 9.67. The normalized spacial score (nSPS) is 26.8. The predicted molar refractivity (Wildman–Crippen MR) is 76.5 cm³/mol. The van der Waals surface area contributed by atoms with Gasteiger partial charge in [-0.3, -0.25) is 4.79 Å². The van der Waals surface area contributed by atoms with Crippen molar-refractivity contribution in [1.29, 1.82) is 0 Å². The zero-order chi connectivity index (χ0) is 14.0. The summed E-state index contributed by atoms with van der Waals surface area (Å²) >= 11 is 1.33. The quantitative estimate of drug-likeness (QED) is 0.841. The highest BCUT2D eigenvalue weighted by Crippen LogP contribution is 2.43. The van der Waals surface area contributed by atoms with Crippen molar-refractivity contribution in [2.45, 2.75) is 51.2 Å². The maximum Gasteiger partial charge on any atom is 0.313 e. The molecular weight excluding hydrogens is 260 g/mol. The summed E-state index contributed by atoms with van der Waals surface area (Å²) in [6.45, 7) is 6.54. The van der Waals surface area contributed by atoms with Gasteiger partial charge in [0.1, 0.15) is 0 Å². The topological polar surface area (TPSA) is 55.1 Å². The monoisotopic (exact) mass is 282 g/mol. The van der Waals surface area contributed by atoms with Gasteiger partial charge in [0.15, 0.2) is 5.16 Å². The molecule has 1 fully saturated rings. The predicted octanol–water partition coefficient (Wildman–Crippen LogP) is 3.37. The van der Waals surface area contributed by atoms with E-state index in [0.29, 0.717) is 12.0 Å². The van der Waals surface area contributed by atoms with Crippen molar-refractivity contribution in [2.75, 3.05) is 5.75 Å². The van der Waals surface area contributed by atoms with E-state index in [1.165, 1.54) is 31.0 Å². The average Bonchev–Trinajstić information content (AvgIpc) is 2.89. The Hall–Kier alpha value is -0.970. The Morgan fingerprint density at radius 1 is 1.58 bits per heavy atom. The minimum Gasteiger partial charge on any atom is -0.481 e. The van der Waals surface area contributed by atoms with Gasteiger partial charge in [-0.2, -0.15) is 0 Å². The highest BCUT2D eigenvalue weighted by atomic mass is 32.2. The first-order valence-electron chi connectivity index (χ1n) is 6.93. The standard InChI is InChI=1S/C14H22N2O2S/c1-4-11-5-6-12(10(11)3)16-7-9(2)15-14(16)19-8-13(17)18/h7,10-12H,4-6,8H2,1-3H3,(H,17,18). The maximum atomic E-state index is 10.7. The lowest BCUT2D eigenvalue weighted by Gasteiger charge is -2.22. The first-order valence-corrected chi connectivity index (χ1v) is 7.91. The number of hydrogen-bond donors (Lipinski definition) is 1. The molecule has 0 saturated heterocycles. The number of aliphatic carboxylic acids is 1. The van der Waals surface area contributed by atoms with Gasteiger partial charge < -0.3 is 9.67 Å². The first-order chi connectivity index (χ1) is 9.02. The van der Waals surface area contributed by atoms with Crippen molar-refractivity contribution in [1.82, 2.24) is 9.55 Å². The number of carbonyl (C=O) groups is 1. The third-order valence-corrected chi connectivity index (χ3v) is 5.16. The molecule has 1 heterocycles. The molecule has 1 aliphatic carbocycles. The average molecular weight is 282 g/mol. The van der Waals surface area contributed by atoms with Crippen molar-refractivity contribution < 1.29 is 9.90 Å². The molecule has 0 amide bonds. The molecule has 0 bridgehead atoms. The van der Waals surface area contributed by atoms with Gasteiger partial charge in [-0.05, 0) is 31.6 Å². The van der Waals surface area contributed by atoms with E-state index in [0.717, 1.165) is 16.8 Å². The van der Waals surface area contributed by atoms with Crippen LogP contribution < -0.4 is 0 Å². The summed E-state index contributed by atoms with van der Waals surface area (Å²) < 4.78 is 2.21. The summed E-state index contributed by atoms with van der Waals surface area (Å²) in [6, 6.07) is 0.474. The van der Waals surface area contributed by atoms with E-state index in [9.17, 15) is 4.79 Å². The number of aryl methyl sites for hydroxylation is 1. The number of carboxylic acid groups (broad SMARTS) is 1. The molecule has 19 heavy (non-hydrogen) atoms. The number of rotatable bonds is 5. The van der Waals surface area contributed by atoms with Gasteiger partial charge in [-0.1, -0.05) is 32.0 Å². The van der Waals surface area contributed by atoms with Crippen LogP contribution >= 0.6 is 11.8 Å². The number of hydrogen-bond acceptors (Lipinski definition) is 3. The Morgan fingerprint density at radius 3 is 2.89 bits per heavy atom. The number of imidazole rings is 1. The highest BCUT2D eigenvalue weighted by molar-refractivity contribution is 7.99. The summed E-state index contributed by atoms with van der Waals surface area (Å²) in [5.41, 5.74) is 0.972. The van der Waals surface area contributed by atoms with Gasteiger partial charge in [-0.15, -0.1) is 0 Å². The minimum atomic E-state index is -0.789. The molecule has 2 rings (SSSR count). The highest BCUT2D eigenvalue weighted by Gasteiger charge is 2.33. The summed E-state index contributed by atoms with van der Waals surface area (Å²) in [7, 11) is 0. The van der Waals surface area contributed by atoms with Gasteiger partial charge >= 0.3 is 5.97 Å². The Kier molecular flexibility index (Phi) is 4.55. The lowest BCUT2D eigenvalue weighted by molar-refractivity contribution is -0.133. The lowest BCUT2D eigenvalue weighted by Crippen LogP contribution is -2.16. The number of nitrogens with zero attached hydrogens (tertiary/aromatic N) is 2. The summed E-state index contributed by atoms with van der Waals surface area (Å²) in [5.74, 6) is 0.713. The zero-order valence-electron chi connectivity index (χ0n) is 11.8. The van der Waals surface area contributed by atoms with E-state index in [1.807, 2.05) is 6.92 Å². The Balaban J connectivity index is 2.17. The molecule has 3 atom stereocenters. The fraction of sp³-hybridized carbons (Fsp3) is 0.714. The maximum absolute atomic E-state index is 10.7. The van der Waals surface area contributed by atoms with E-state index in [4.69, 9.17) is 5.11 Å². The van der Waals surface area contributed by atoms with Crippen LogP contribution in [0.5, 0.6) is 0 Å². The largest absolute Gasteiger partial charge is 0.481 e. The SMILES string of the molecule is CCC1CCC(n2cc(C)nc2SCC(=O)O)C1C. The minimum absolute atomic E-state index is 0.0781. The molecular formula is C14H22N2O2S. The third-order valence-electron chi connectivity index (χ3n) is 4.21. The molecule has 4 nitrogen and oxygen atoms in total. The molecule has 1 aromatic rings. The van der Waals surface area contributed by atoms with Crippen LogP contribution in [0.1, 0.15) is 44.8 Å². The first kappa shape index (κ1) is 14.4. The fourth-order valence-electron chi connectivity index (χ4n) is 3.16. The Bertz CT molecular complexity index is 458. The van der Waals surface area contributed by atoms with Gasteiger partial charge in [0, 0.05) is 12.2 Å². The molecule has 3 unspecified atom stereocenters. The van der Waals surface area contributed by atoms with Crippen molar-refractivity contribution in [2.24, 2.45) is 11.8 Å². The molecule has 106 valence electrons. The van der Waals surface area contributed by atoms with Crippen LogP contribution in [0, 0.1) is 18.8 Å². The van der Waals surface area contributed by atoms with E-state index in [2.05, 4.69) is 29.6 Å². The summed E-state index contributed by atoms with van der Waals surface area (Å²) in [6.07, 6.45) is 5.74. The molecule has 1 N–H and O–H groups in total. The third kappa shape index (κ3) is 3.14. The van der Waals surface area contributed by atoms with Crippen molar-refractivity contribution >= 4 is 17.7 Å². The Labute approximate surface area is 118 Å². The fourth-order valence-corrected chi connectivity index (χ4v) is 3.96. The number of aromatic nitrogens is 2. The van der Waals surface area contributed by atoms with Crippen molar-refractivity contribution in [3.63, 3.8) is 0 Å². The van der Waals surface area contributed by atoms with Gasteiger partial charge in [0.25, 0.3) is 0 Å². The molecule has 5 heteroatoms. The molecule has 0 radical (unpaired) electrons. The van der Waals surface area contributed by atoms with Crippen LogP contribution in [-0.4, -0.2) is 26.4 Å². The second-order valence-electron chi connectivity index (χ2n) is 5.43. The zero-order valence-corrected chi connectivity index (χ0v) is 12.6. The molecule has 0 spiro atoms. The molecule has 1 aromatic heterocycles. The molecule has 1 saturated carbocycles. The van der Waals surface area contributed by atoms with Gasteiger partial charge in [-0.25, -0.2) is 4.98 Å². The number of carboxylic acids is 1. The van der Waals surface area contributed by atoms with E-state index < -0.39 is 5.97 Å². The van der Waals surface area contributed by atoms with Crippen molar-refractivity contribution in [3.8, 4) is 0 Å². The van der Waals surface area contributed by atoms with Crippen LogP contribution in [-0.2, 0) is 4.79 Å². The van der Waals surface area contributed by atoms with Crippen molar-refractivity contribution in [3.05, 3.63) is 11.9 Å². The van der Waals surface area contributed by atoms with Gasteiger partial charge in [0.05, 0.1) is 11.4 Å². The van der Waals surface area contributed by atoms with Crippen LogP contribution in [0.25, 0.3) is 0 Å². The van der Waals surface area contributed by atoms with Gasteiger partial charge in [0.2, 0.25) is 0 Å². The number of thioether (sulfide) groups is 1. The molecule has 0 aliphatic heterocycles. The lowest BCUT2D eigenvalue weighted by atomic mass is 9.93. The summed E-state index contributed by atoms with van der Waals surface area (Å²) in [4.78, 5) is 15.2. The van der Waals surface area contributed by atoms with E-state index in [1.54, 1.807) is 0 Å². The van der Waals surface area contributed by atoms with E-state index in [-0.39, 0.29) is 5.75 Å².